The van der Waals surface area contributed by atoms with Crippen molar-refractivity contribution in [2.75, 3.05) is 11.9 Å². The van der Waals surface area contributed by atoms with Gasteiger partial charge in [0.25, 0.3) is 10.0 Å². The number of thiophene rings is 1. The van der Waals surface area contributed by atoms with Crippen LogP contribution in [0, 0.1) is 5.82 Å². The molecular formula is C12H11FN2O3S2. The molecule has 0 atom stereocenters. The molecule has 106 valence electrons. The molecule has 0 aliphatic carbocycles. The van der Waals surface area contributed by atoms with Crippen LogP contribution in [0.2, 0.25) is 0 Å². The SMILES string of the molecule is O=C(CNS(=O)(=O)c1cccs1)Nc1ccc(F)cc1. The quantitative estimate of drug-likeness (QED) is 0.884. The van der Waals surface area contributed by atoms with Crippen LogP contribution in [0.25, 0.3) is 0 Å². The van der Waals surface area contributed by atoms with E-state index in [4.69, 9.17) is 0 Å². The predicted octanol–water partition coefficient (Wildman–Crippen LogP) is 1.80. The van der Waals surface area contributed by atoms with Crippen molar-refractivity contribution in [1.29, 1.82) is 0 Å². The van der Waals surface area contributed by atoms with Crippen molar-refractivity contribution in [3.8, 4) is 0 Å². The minimum Gasteiger partial charge on any atom is -0.325 e. The molecule has 1 heterocycles. The van der Waals surface area contributed by atoms with Gasteiger partial charge < -0.3 is 5.32 Å². The van der Waals surface area contributed by atoms with E-state index in [-0.39, 0.29) is 4.21 Å². The van der Waals surface area contributed by atoms with Crippen LogP contribution in [-0.2, 0) is 14.8 Å². The molecule has 8 heteroatoms. The standard InChI is InChI=1S/C12H11FN2O3S2/c13-9-3-5-10(6-4-9)15-11(16)8-14-20(17,18)12-2-1-7-19-12/h1-7,14H,8H2,(H,15,16). The number of halogens is 1. The van der Waals surface area contributed by atoms with E-state index in [0.717, 1.165) is 11.3 Å². The van der Waals surface area contributed by atoms with Crippen molar-refractivity contribution >= 4 is 33.0 Å². The lowest BCUT2D eigenvalue weighted by Crippen LogP contribution is -2.32. The van der Waals surface area contributed by atoms with Gasteiger partial charge in [-0.05, 0) is 35.7 Å². The van der Waals surface area contributed by atoms with E-state index >= 15 is 0 Å². The molecule has 0 spiro atoms. The van der Waals surface area contributed by atoms with Crippen LogP contribution in [-0.4, -0.2) is 20.9 Å². The first-order valence-electron chi connectivity index (χ1n) is 5.56. The minimum absolute atomic E-state index is 0.145. The Hall–Kier alpha value is -1.77. The van der Waals surface area contributed by atoms with Crippen molar-refractivity contribution in [2.24, 2.45) is 0 Å². The highest BCUT2D eigenvalue weighted by atomic mass is 32.2. The largest absolute Gasteiger partial charge is 0.325 e. The number of amides is 1. The number of benzene rings is 1. The molecule has 0 aliphatic heterocycles. The molecule has 2 N–H and O–H groups in total. The van der Waals surface area contributed by atoms with Crippen LogP contribution in [0.4, 0.5) is 10.1 Å². The van der Waals surface area contributed by atoms with Gasteiger partial charge in [-0.1, -0.05) is 6.07 Å². The maximum absolute atomic E-state index is 12.7. The van der Waals surface area contributed by atoms with Crippen LogP contribution in [0.5, 0.6) is 0 Å². The molecule has 0 saturated heterocycles. The summed E-state index contributed by atoms with van der Waals surface area (Å²) in [5.74, 6) is -0.946. The van der Waals surface area contributed by atoms with E-state index < -0.39 is 28.3 Å². The van der Waals surface area contributed by atoms with E-state index in [2.05, 4.69) is 10.0 Å². The Kier molecular flexibility index (Phi) is 4.48. The second kappa shape index (κ2) is 6.12. The summed E-state index contributed by atoms with van der Waals surface area (Å²) < 4.78 is 38.5. The fourth-order valence-corrected chi connectivity index (χ4v) is 3.41. The highest BCUT2D eigenvalue weighted by Crippen LogP contribution is 2.15. The second-order valence-corrected chi connectivity index (χ2v) is 6.75. The molecule has 0 aliphatic rings. The predicted molar refractivity (Wildman–Crippen MR) is 74.5 cm³/mol. The lowest BCUT2D eigenvalue weighted by Gasteiger charge is -2.06. The number of sulfonamides is 1. The topological polar surface area (TPSA) is 75.3 Å². The van der Waals surface area contributed by atoms with Crippen LogP contribution < -0.4 is 10.0 Å². The zero-order valence-corrected chi connectivity index (χ0v) is 11.8. The summed E-state index contributed by atoms with van der Waals surface area (Å²) in [5.41, 5.74) is 0.395. The number of carbonyl (C=O) groups excluding carboxylic acids is 1. The van der Waals surface area contributed by atoms with E-state index in [0.29, 0.717) is 5.69 Å². The van der Waals surface area contributed by atoms with Gasteiger partial charge in [0.1, 0.15) is 10.0 Å². The lowest BCUT2D eigenvalue weighted by atomic mass is 10.3. The second-order valence-electron chi connectivity index (χ2n) is 3.81. The molecule has 0 bridgehead atoms. The number of hydrogen-bond donors (Lipinski definition) is 2. The number of rotatable bonds is 5. The highest BCUT2D eigenvalue weighted by Gasteiger charge is 2.16. The Morgan fingerprint density at radius 1 is 1.20 bits per heavy atom. The Balaban J connectivity index is 1.91. The van der Waals surface area contributed by atoms with E-state index in [9.17, 15) is 17.6 Å². The summed E-state index contributed by atoms with van der Waals surface area (Å²) in [7, 11) is -3.66. The molecule has 0 saturated carbocycles. The highest BCUT2D eigenvalue weighted by molar-refractivity contribution is 7.91. The van der Waals surface area contributed by atoms with Gasteiger partial charge in [0.15, 0.2) is 0 Å². The Bertz CT molecular complexity index is 682. The summed E-state index contributed by atoms with van der Waals surface area (Å²) in [6, 6.07) is 8.24. The van der Waals surface area contributed by atoms with Gasteiger partial charge in [-0.15, -0.1) is 11.3 Å². The summed E-state index contributed by atoms with van der Waals surface area (Å²) in [4.78, 5) is 11.6. The number of anilines is 1. The van der Waals surface area contributed by atoms with E-state index in [1.54, 1.807) is 11.4 Å². The maximum atomic E-state index is 12.7. The summed E-state index contributed by atoms with van der Waals surface area (Å²) in [5, 5.41) is 4.09. The first kappa shape index (κ1) is 14.6. The molecule has 0 radical (unpaired) electrons. The van der Waals surface area contributed by atoms with Crippen molar-refractivity contribution in [3.05, 3.63) is 47.6 Å². The monoisotopic (exact) mass is 314 g/mol. The van der Waals surface area contributed by atoms with Gasteiger partial charge in [0, 0.05) is 5.69 Å². The smallest absolute Gasteiger partial charge is 0.250 e. The van der Waals surface area contributed by atoms with Crippen molar-refractivity contribution < 1.29 is 17.6 Å². The Morgan fingerprint density at radius 2 is 1.90 bits per heavy atom. The van der Waals surface area contributed by atoms with Crippen molar-refractivity contribution in [3.63, 3.8) is 0 Å². The van der Waals surface area contributed by atoms with Crippen LogP contribution in [0.1, 0.15) is 0 Å². The minimum atomic E-state index is -3.66. The van der Waals surface area contributed by atoms with E-state index in [1.807, 2.05) is 0 Å². The zero-order valence-electron chi connectivity index (χ0n) is 10.2. The fraction of sp³-hybridized carbons (Fsp3) is 0.0833. The maximum Gasteiger partial charge on any atom is 0.250 e. The average molecular weight is 314 g/mol. The molecular weight excluding hydrogens is 303 g/mol. The summed E-state index contributed by atoms with van der Waals surface area (Å²) >= 11 is 1.06. The molecule has 20 heavy (non-hydrogen) atoms. The zero-order chi connectivity index (χ0) is 14.6. The average Bonchev–Trinajstić information content (AvgIpc) is 2.94. The van der Waals surface area contributed by atoms with Crippen LogP contribution >= 0.6 is 11.3 Å². The first-order chi connectivity index (χ1) is 9.47. The Morgan fingerprint density at radius 3 is 2.50 bits per heavy atom. The van der Waals surface area contributed by atoms with Gasteiger partial charge in [-0.25, -0.2) is 17.5 Å². The lowest BCUT2D eigenvalue weighted by molar-refractivity contribution is -0.115. The van der Waals surface area contributed by atoms with Gasteiger partial charge >= 0.3 is 0 Å². The number of nitrogens with one attached hydrogen (secondary N) is 2. The van der Waals surface area contributed by atoms with Gasteiger partial charge in [0.2, 0.25) is 5.91 Å². The number of hydrogen-bond acceptors (Lipinski definition) is 4. The molecule has 5 nitrogen and oxygen atoms in total. The van der Waals surface area contributed by atoms with E-state index in [1.165, 1.54) is 30.3 Å². The van der Waals surface area contributed by atoms with Gasteiger partial charge in [-0.3, -0.25) is 4.79 Å². The third-order valence-electron chi connectivity index (χ3n) is 2.31. The number of carbonyl (C=O) groups is 1. The molecule has 1 aromatic heterocycles. The Labute approximate surface area is 119 Å². The molecule has 2 rings (SSSR count). The van der Waals surface area contributed by atoms with Crippen LogP contribution in [0.3, 0.4) is 0 Å². The fourth-order valence-electron chi connectivity index (χ4n) is 1.39. The summed E-state index contributed by atoms with van der Waals surface area (Å²) in [6.45, 7) is -0.391. The van der Waals surface area contributed by atoms with Crippen LogP contribution in [0.15, 0.2) is 46.0 Å². The van der Waals surface area contributed by atoms with Gasteiger partial charge in [0.05, 0.1) is 6.54 Å². The molecule has 1 amide bonds. The third kappa shape index (κ3) is 3.86. The molecule has 1 aromatic carbocycles. The molecule has 0 fully saturated rings. The van der Waals surface area contributed by atoms with Gasteiger partial charge in [-0.2, -0.15) is 0 Å². The first-order valence-corrected chi connectivity index (χ1v) is 7.92. The summed E-state index contributed by atoms with van der Waals surface area (Å²) in [6.07, 6.45) is 0. The molecule has 2 aromatic rings. The normalized spacial score (nSPS) is 11.2. The van der Waals surface area contributed by atoms with Crippen molar-refractivity contribution in [2.45, 2.75) is 4.21 Å². The van der Waals surface area contributed by atoms with Crippen molar-refractivity contribution in [1.82, 2.24) is 4.72 Å². The third-order valence-corrected chi connectivity index (χ3v) is 5.11. The molecule has 0 unspecified atom stereocenters.